The van der Waals surface area contributed by atoms with Crippen molar-refractivity contribution in [2.75, 3.05) is 7.11 Å². The summed E-state index contributed by atoms with van der Waals surface area (Å²) < 4.78 is 4.72. The Hall–Kier alpha value is -1.38. The first-order chi connectivity index (χ1) is 6.33. The van der Waals surface area contributed by atoms with Crippen molar-refractivity contribution in [2.45, 2.75) is 18.8 Å². The average Bonchev–Trinajstić information content (AvgIpc) is 2.60. The molecule has 1 atom stereocenters. The van der Waals surface area contributed by atoms with Crippen LogP contribution in [0.3, 0.4) is 0 Å². The fraction of sp³-hybridized carbons (Fsp3) is 0.400. The second-order valence-corrected chi connectivity index (χ2v) is 3.15. The molecule has 1 aromatic rings. The van der Waals surface area contributed by atoms with Gasteiger partial charge in [-0.3, -0.25) is 9.78 Å². The van der Waals surface area contributed by atoms with Crippen LogP contribution in [-0.2, 0) is 16.0 Å². The van der Waals surface area contributed by atoms with Gasteiger partial charge < -0.3 is 4.74 Å². The van der Waals surface area contributed by atoms with E-state index in [1.54, 1.807) is 6.20 Å². The summed E-state index contributed by atoms with van der Waals surface area (Å²) >= 11 is 0. The Morgan fingerprint density at radius 1 is 1.69 bits per heavy atom. The third kappa shape index (κ3) is 1.30. The molecule has 1 heterocycles. The lowest BCUT2D eigenvalue weighted by molar-refractivity contribution is -0.142. The highest BCUT2D eigenvalue weighted by Crippen LogP contribution is 2.31. The van der Waals surface area contributed by atoms with Gasteiger partial charge in [0.05, 0.1) is 13.0 Å². The maximum Gasteiger partial charge on any atom is 0.313 e. The maximum absolute atomic E-state index is 11.3. The molecular formula is C10H11NO2. The third-order valence-electron chi connectivity index (χ3n) is 2.46. The van der Waals surface area contributed by atoms with Crippen LogP contribution < -0.4 is 0 Å². The molecule has 1 unspecified atom stereocenters. The van der Waals surface area contributed by atoms with Crippen LogP contribution in [0.2, 0.25) is 0 Å². The number of fused-ring (bicyclic) bond motifs is 1. The highest BCUT2D eigenvalue weighted by molar-refractivity contribution is 5.79. The van der Waals surface area contributed by atoms with E-state index in [2.05, 4.69) is 4.98 Å². The molecule has 1 aromatic heterocycles. The van der Waals surface area contributed by atoms with E-state index in [0.29, 0.717) is 0 Å². The van der Waals surface area contributed by atoms with Crippen LogP contribution in [-0.4, -0.2) is 18.1 Å². The van der Waals surface area contributed by atoms with E-state index >= 15 is 0 Å². The molecule has 1 aliphatic carbocycles. The molecule has 0 spiro atoms. The quantitative estimate of drug-likeness (QED) is 0.607. The Morgan fingerprint density at radius 3 is 3.31 bits per heavy atom. The minimum Gasteiger partial charge on any atom is -0.469 e. The summed E-state index contributed by atoms with van der Waals surface area (Å²) in [4.78, 5) is 15.5. The maximum atomic E-state index is 11.3. The van der Waals surface area contributed by atoms with Crippen LogP contribution in [0.15, 0.2) is 18.3 Å². The molecule has 0 radical (unpaired) electrons. The summed E-state index contributed by atoms with van der Waals surface area (Å²) in [6, 6.07) is 3.82. The summed E-state index contributed by atoms with van der Waals surface area (Å²) in [6.07, 6.45) is 3.48. The fourth-order valence-electron chi connectivity index (χ4n) is 1.80. The molecule has 3 nitrogen and oxygen atoms in total. The van der Waals surface area contributed by atoms with Gasteiger partial charge in [-0.1, -0.05) is 6.07 Å². The number of carbonyl (C=O) groups excluding carboxylic acids is 1. The highest BCUT2D eigenvalue weighted by atomic mass is 16.5. The van der Waals surface area contributed by atoms with Crippen LogP contribution in [0.4, 0.5) is 0 Å². The minimum absolute atomic E-state index is 0.0892. The third-order valence-corrected chi connectivity index (χ3v) is 2.46. The number of nitrogens with zero attached hydrogens (tertiary/aromatic N) is 1. The first kappa shape index (κ1) is 8.23. The summed E-state index contributed by atoms with van der Waals surface area (Å²) in [5.74, 6) is -0.236. The van der Waals surface area contributed by atoms with Crippen LogP contribution in [0.1, 0.15) is 23.6 Å². The van der Waals surface area contributed by atoms with E-state index in [-0.39, 0.29) is 11.9 Å². The number of hydrogen-bond acceptors (Lipinski definition) is 3. The van der Waals surface area contributed by atoms with Crippen molar-refractivity contribution in [3.05, 3.63) is 29.6 Å². The molecule has 0 saturated heterocycles. The van der Waals surface area contributed by atoms with Gasteiger partial charge in [-0.2, -0.15) is 0 Å². The monoisotopic (exact) mass is 177 g/mol. The summed E-state index contributed by atoms with van der Waals surface area (Å²) in [5, 5.41) is 0. The van der Waals surface area contributed by atoms with Crippen molar-refractivity contribution in [3.63, 3.8) is 0 Å². The van der Waals surface area contributed by atoms with E-state index in [4.69, 9.17) is 4.74 Å². The van der Waals surface area contributed by atoms with Crippen molar-refractivity contribution >= 4 is 5.97 Å². The largest absolute Gasteiger partial charge is 0.469 e. The summed E-state index contributed by atoms with van der Waals surface area (Å²) in [7, 11) is 1.43. The number of aromatic nitrogens is 1. The van der Waals surface area contributed by atoms with Crippen molar-refractivity contribution in [3.8, 4) is 0 Å². The second-order valence-electron chi connectivity index (χ2n) is 3.15. The molecule has 68 valence electrons. The van der Waals surface area contributed by atoms with Gasteiger partial charge in [0.2, 0.25) is 0 Å². The van der Waals surface area contributed by atoms with Crippen molar-refractivity contribution in [1.82, 2.24) is 4.98 Å². The SMILES string of the molecule is COC(=O)C1CCc2ncccc21. The first-order valence-corrected chi connectivity index (χ1v) is 4.34. The molecule has 0 fully saturated rings. The molecule has 13 heavy (non-hydrogen) atoms. The molecule has 0 saturated carbocycles. The highest BCUT2D eigenvalue weighted by Gasteiger charge is 2.29. The summed E-state index contributed by atoms with van der Waals surface area (Å²) in [6.45, 7) is 0. The first-order valence-electron chi connectivity index (χ1n) is 4.34. The predicted octanol–water partition coefficient (Wildman–Crippen LogP) is 1.28. The fourth-order valence-corrected chi connectivity index (χ4v) is 1.80. The number of rotatable bonds is 1. The van der Waals surface area contributed by atoms with Crippen molar-refractivity contribution in [2.24, 2.45) is 0 Å². The zero-order chi connectivity index (χ0) is 9.26. The van der Waals surface area contributed by atoms with Crippen LogP contribution in [0.5, 0.6) is 0 Å². The van der Waals surface area contributed by atoms with Gasteiger partial charge in [0, 0.05) is 11.9 Å². The van der Waals surface area contributed by atoms with Gasteiger partial charge in [0.15, 0.2) is 0 Å². The van der Waals surface area contributed by atoms with Crippen LogP contribution in [0, 0.1) is 0 Å². The van der Waals surface area contributed by atoms with Gasteiger partial charge in [0.25, 0.3) is 0 Å². The van der Waals surface area contributed by atoms with E-state index in [1.165, 1.54) is 7.11 Å². The second kappa shape index (κ2) is 3.17. The Labute approximate surface area is 76.7 Å². The van der Waals surface area contributed by atoms with Gasteiger partial charge >= 0.3 is 5.97 Å². The van der Waals surface area contributed by atoms with Crippen LogP contribution in [0.25, 0.3) is 0 Å². The molecule has 0 bridgehead atoms. The zero-order valence-electron chi connectivity index (χ0n) is 7.49. The average molecular weight is 177 g/mol. The number of ether oxygens (including phenoxy) is 1. The van der Waals surface area contributed by atoms with E-state index in [9.17, 15) is 4.79 Å². The Morgan fingerprint density at radius 2 is 2.54 bits per heavy atom. The standard InChI is InChI=1S/C10H11NO2/c1-13-10(12)8-4-5-9-7(8)3-2-6-11-9/h2-3,6,8H,4-5H2,1H3. The molecule has 0 amide bonds. The predicted molar refractivity (Wildman–Crippen MR) is 47.3 cm³/mol. The van der Waals surface area contributed by atoms with Crippen molar-refractivity contribution in [1.29, 1.82) is 0 Å². The Balaban J connectivity index is 2.33. The number of esters is 1. The lowest BCUT2D eigenvalue weighted by atomic mass is 10.0. The normalized spacial score (nSPS) is 19.6. The number of aryl methyl sites for hydroxylation is 1. The van der Waals surface area contributed by atoms with Crippen LogP contribution >= 0.6 is 0 Å². The van der Waals surface area contributed by atoms with Gasteiger partial charge in [0.1, 0.15) is 0 Å². The zero-order valence-corrected chi connectivity index (χ0v) is 7.49. The molecule has 0 aliphatic heterocycles. The van der Waals surface area contributed by atoms with E-state index in [0.717, 1.165) is 24.1 Å². The topological polar surface area (TPSA) is 39.2 Å². The van der Waals surface area contributed by atoms with E-state index in [1.807, 2.05) is 12.1 Å². The lowest BCUT2D eigenvalue weighted by Gasteiger charge is -2.07. The molecule has 0 aromatic carbocycles. The summed E-state index contributed by atoms with van der Waals surface area (Å²) in [5.41, 5.74) is 2.08. The molecule has 2 rings (SSSR count). The number of hydrogen-bond donors (Lipinski definition) is 0. The van der Waals surface area contributed by atoms with Gasteiger partial charge in [-0.15, -0.1) is 0 Å². The smallest absolute Gasteiger partial charge is 0.313 e. The van der Waals surface area contributed by atoms with Gasteiger partial charge in [-0.05, 0) is 24.5 Å². The number of methoxy groups -OCH3 is 1. The lowest BCUT2D eigenvalue weighted by Crippen LogP contribution is -2.11. The molecule has 0 N–H and O–H groups in total. The molecule has 3 heteroatoms. The van der Waals surface area contributed by atoms with Gasteiger partial charge in [-0.25, -0.2) is 0 Å². The Kier molecular flexibility index (Phi) is 2.00. The molecule has 1 aliphatic rings. The number of carbonyl (C=O) groups is 1. The molecular weight excluding hydrogens is 166 g/mol. The number of pyridine rings is 1. The Bertz CT molecular complexity index is 335. The van der Waals surface area contributed by atoms with Crippen molar-refractivity contribution < 1.29 is 9.53 Å². The van der Waals surface area contributed by atoms with E-state index < -0.39 is 0 Å². The minimum atomic E-state index is -0.147.